The van der Waals surface area contributed by atoms with Gasteiger partial charge in [-0.2, -0.15) is 4.98 Å². The van der Waals surface area contributed by atoms with Crippen molar-refractivity contribution in [1.82, 2.24) is 30.1 Å². The molecular weight excluding hydrogens is 384 g/mol. The van der Waals surface area contributed by atoms with Crippen molar-refractivity contribution >= 4 is 11.7 Å². The third kappa shape index (κ3) is 4.56. The topological polar surface area (TPSA) is 139 Å². The lowest BCUT2D eigenvalue weighted by atomic mass is 10.1. The molecule has 3 heterocycles. The molecule has 0 saturated carbocycles. The van der Waals surface area contributed by atoms with Crippen molar-refractivity contribution in [2.24, 2.45) is 5.73 Å². The van der Waals surface area contributed by atoms with Crippen LogP contribution in [0.15, 0.2) is 45.8 Å². The van der Waals surface area contributed by atoms with Gasteiger partial charge in [-0.05, 0) is 37.6 Å². The van der Waals surface area contributed by atoms with Crippen molar-refractivity contribution < 1.29 is 4.52 Å². The normalized spacial score (nSPS) is 11.3. The van der Waals surface area contributed by atoms with Crippen molar-refractivity contribution in [2.75, 3.05) is 18.4 Å². The number of nitrogens with two attached hydrogens (primary N) is 1. The summed E-state index contributed by atoms with van der Waals surface area (Å²) in [6.07, 6.45) is 2.63. The molecule has 1 aromatic carbocycles. The van der Waals surface area contributed by atoms with Gasteiger partial charge >= 0.3 is 0 Å². The minimum atomic E-state index is -0.220. The number of aromatic nitrogens is 5. The predicted molar refractivity (Wildman–Crippen MR) is 113 cm³/mol. The van der Waals surface area contributed by atoms with Crippen LogP contribution in [0.2, 0.25) is 0 Å². The van der Waals surface area contributed by atoms with Crippen LogP contribution in [-0.4, -0.2) is 37.8 Å². The van der Waals surface area contributed by atoms with Crippen LogP contribution in [-0.2, 0) is 13.1 Å². The number of aryl methyl sites for hydroxylation is 1. The van der Waals surface area contributed by atoms with E-state index < -0.39 is 0 Å². The smallest absolute Gasteiger partial charge is 0.260 e. The van der Waals surface area contributed by atoms with E-state index in [2.05, 4.69) is 30.9 Å². The van der Waals surface area contributed by atoms with E-state index in [1.54, 1.807) is 10.7 Å². The highest BCUT2D eigenvalue weighted by Crippen LogP contribution is 2.17. The first kappa shape index (κ1) is 19.8. The number of hydrogen-bond acceptors (Lipinski definition) is 8. The Balaban J connectivity index is 1.49. The van der Waals surface area contributed by atoms with Gasteiger partial charge in [0.2, 0.25) is 11.7 Å². The second-order valence-corrected chi connectivity index (χ2v) is 7.00. The van der Waals surface area contributed by atoms with Crippen LogP contribution in [0.4, 0.5) is 5.95 Å². The van der Waals surface area contributed by atoms with Gasteiger partial charge in [-0.25, -0.2) is 4.52 Å². The molecule has 0 aliphatic rings. The largest absolute Gasteiger partial charge is 0.361 e. The minimum absolute atomic E-state index is 0.220. The Morgan fingerprint density at radius 2 is 2.07 bits per heavy atom. The van der Waals surface area contributed by atoms with E-state index in [0.717, 1.165) is 42.1 Å². The van der Waals surface area contributed by atoms with Gasteiger partial charge in [0.1, 0.15) is 11.5 Å². The first-order valence-corrected chi connectivity index (χ1v) is 9.78. The summed E-state index contributed by atoms with van der Waals surface area (Å²) >= 11 is 0. The maximum atomic E-state index is 12.6. The molecule has 0 bridgehead atoms. The Kier molecular flexibility index (Phi) is 5.87. The molecule has 10 heteroatoms. The van der Waals surface area contributed by atoms with Gasteiger partial charge in [0.15, 0.2) is 0 Å². The Morgan fingerprint density at radius 1 is 1.23 bits per heavy atom. The zero-order valence-corrected chi connectivity index (χ0v) is 16.7. The average Bonchev–Trinajstić information content (AvgIpc) is 3.34. The maximum absolute atomic E-state index is 12.6. The average molecular weight is 408 g/mol. The summed E-state index contributed by atoms with van der Waals surface area (Å²) < 4.78 is 6.59. The Morgan fingerprint density at radius 3 is 2.80 bits per heavy atom. The van der Waals surface area contributed by atoms with Crippen molar-refractivity contribution in [3.63, 3.8) is 0 Å². The van der Waals surface area contributed by atoms with Crippen molar-refractivity contribution in [2.45, 2.75) is 26.4 Å². The van der Waals surface area contributed by atoms with Crippen LogP contribution in [0.3, 0.4) is 0 Å². The van der Waals surface area contributed by atoms with E-state index in [9.17, 15) is 4.79 Å². The van der Waals surface area contributed by atoms with Crippen LogP contribution in [0, 0.1) is 6.92 Å². The van der Waals surface area contributed by atoms with Gasteiger partial charge in [0.05, 0.1) is 12.1 Å². The van der Waals surface area contributed by atoms with Crippen LogP contribution in [0.25, 0.3) is 16.9 Å². The van der Waals surface area contributed by atoms with E-state index in [1.165, 1.54) is 0 Å². The fourth-order valence-corrected chi connectivity index (χ4v) is 3.06. The molecule has 0 radical (unpaired) electrons. The molecule has 0 spiro atoms. The van der Waals surface area contributed by atoms with Gasteiger partial charge in [0.25, 0.3) is 5.56 Å². The van der Waals surface area contributed by atoms with Crippen molar-refractivity contribution in [3.05, 3.63) is 63.9 Å². The van der Waals surface area contributed by atoms with Crippen LogP contribution >= 0.6 is 0 Å². The lowest BCUT2D eigenvalue weighted by Gasteiger charge is -2.06. The third-order valence-corrected chi connectivity index (χ3v) is 4.61. The van der Waals surface area contributed by atoms with Crippen LogP contribution < -0.4 is 21.9 Å². The molecule has 3 aromatic heterocycles. The molecule has 4 aromatic rings. The van der Waals surface area contributed by atoms with E-state index in [1.807, 2.05) is 37.3 Å². The number of nitrogens with zero attached hydrogens (tertiary/aromatic N) is 4. The maximum Gasteiger partial charge on any atom is 0.260 e. The Bertz CT molecular complexity index is 1180. The quantitative estimate of drug-likeness (QED) is 0.305. The molecule has 0 atom stereocenters. The number of H-pyrrole nitrogens is 1. The summed E-state index contributed by atoms with van der Waals surface area (Å²) in [6.45, 7) is 4.58. The Labute approximate surface area is 172 Å². The Hall–Kier alpha value is -3.50. The molecule has 0 saturated heterocycles. The van der Waals surface area contributed by atoms with E-state index in [-0.39, 0.29) is 5.56 Å². The lowest BCUT2D eigenvalue weighted by molar-refractivity contribution is 0.391. The molecule has 30 heavy (non-hydrogen) atoms. The zero-order chi connectivity index (χ0) is 20.9. The molecule has 0 fully saturated rings. The summed E-state index contributed by atoms with van der Waals surface area (Å²) in [5.74, 6) is 1.49. The van der Waals surface area contributed by atoms with Crippen LogP contribution in [0.1, 0.15) is 23.4 Å². The molecule has 156 valence electrons. The standard InChI is InChI=1S/C20H24N8O2/c1-13-9-16(27-30-13)11-23-19-25-20-24-18(29)17(12-28(20)26-19)15-5-3-14(4-6-15)10-22-8-2-7-21/h3-6,9,12,22H,2,7-8,10-11,21H2,1H3,(H2,23,24,25,26,29). The number of rotatable bonds is 9. The number of fused-ring (bicyclic) bond motifs is 1. The molecule has 0 amide bonds. The second-order valence-electron chi connectivity index (χ2n) is 7.00. The van der Waals surface area contributed by atoms with Gasteiger partial charge in [-0.15, -0.1) is 5.10 Å². The fraction of sp³-hybridized carbons (Fsp3) is 0.300. The second kappa shape index (κ2) is 8.89. The highest BCUT2D eigenvalue weighted by molar-refractivity contribution is 5.62. The third-order valence-electron chi connectivity index (χ3n) is 4.61. The number of hydrogen-bond donors (Lipinski definition) is 4. The lowest BCUT2D eigenvalue weighted by Crippen LogP contribution is -2.17. The monoisotopic (exact) mass is 408 g/mol. The van der Waals surface area contributed by atoms with Gasteiger partial charge in [0, 0.05) is 18.8 Å². The number of benzene rings is 1. The number of anilines is 1. The van der Waals surface area contributed by atoms with Gasteiger partial charge in [-0.1, -0.05) is 29.4 Å². The summed E-state index contributed by atoms with van der Waals surface area (Å²) in [7, 11) is 0. The molecule has 0 aliphatic heterocycles. The molecule has 0 aliphatic carbocycles. The predicted octanol–water partition coefficient (Wildman–Crippen LogP) is 1.43. The summed E-state index contributed by atoms with van der Waals surface area (Å²) in [6, 6.07) is 9.70. The van der Waals surface area contributed by atoms with Crippen molar-refractivity contribution in [1.29, 1.82) is 0 Å². The van der Waals surface area contributed by atoms with Crippen molar-refractivity contribution in [3.8, 4) is 11.1 Å². The first-order chi connectivity index (χ1) is 14.6. The van der Waals surface area contributed by atoms with Gasteiger partial charge < -0.3 is 20.9 Å². The van der Waals surface area contributed by atoms with Gasteiger partial charge in [-0.3, -0.25) is 9.78 Å². The van der Waals surface area contributed by atoms with E-state index >= 15 is 0 Å². The zero-order valence-electron chi connectivity index (χ0n) is 16.7. The minimum Gasteiger partial charge on any atom is -0.361 e. The highest BCUT2D eigenvalue weighted by atomic mass is 16.5. The number of aromatic amines is 1. The summed E-state index contributed by atoms with van der Waals surface area (Å²) in [4.78, 5) is 19.6. The summed E-state index contributed by atoms with van der Waals surface area (Å²) in [5.41, 5.74) is 8.50. The van der Waals surface area contributed by atoms with Crippen LogP contribution in [0.5, 0.6) is 0 Å². The molecule has 10 nitrogen and oxygen atoms in total. The molecular formula is C20H24N8O2. The first-order valence-electron chi connectivity index (χ1n) is 9.78. The molecule has 5 N–H and O–H groups in total. The molecule has 0 unspecified atom stereocenters. The summed E-state index contributed by atoms with van der Waals surface area (Å²) in [5, 5.41) is 14.7. The highest BCUT2D eigenvalue weighted by Gasteiger charge is 2.10. The molecule has 4 rings (SSSR count). The SMILES string of the molecule is Cc1cc(CNc2nc3[nH]c(=O)c(-c4ccc(CNCCCN)cc4)cn3n2)no1. The fourth-order valence-electron chi connectivity index (χ4n) is 3.06. The number of nitrogens with one attached hydrogen (secondary N) is 3. The van der Waals surface area contributed by atoms with E-state index in [4.69, 9.17) is 10.3 Å². The van der Waals surface area contributed by atoms with E-state index in [0.29, 0.717) is 30.4 Å².